The van der Waals surface area contributed by atoms with E-state index in [1.54, 1.807) is 0 Å². The summed E-state index contributed by atoms with van der Waals surface area (Å²) in [4.78, 5) is 0. The van der Waals surface area contributed by atoms with E-state index in [9.17, 15) is 0 Å². The highest BCUT2D eigenvalue weighted by Crippen LogP contribution is 2.23. The Labute approximate surface area is 129 Å². The summed E-state index contributed by atoms with van der Waals surface area (Å²) in [6.07, 6.45) is 2.37. The Morgan fingerprint density at radius 3 is 2.20 bits per heavy atom. The molecule has 1 rings (SSSR count). The number of thioether (sulfide) groups is 1. The molecule has 20 heavy (non-hydrogen) atoms. The fraction of sp³-hybridized carbons (Fsp3) is 0.667. The van der Waals surface area contributed by atoms with Crippen molar-refractivity contribution in [1.29, 1.82) is 0 Å². The summed E-state index contributed by atoms with van der Waals surface area (Å²) in [5.41, 5.74) is 3.09. The van der Waals surface area contributed by atoms with Crippen LogP contribution in [-0.2, 0) is 11.8 Å². The second-order valence-electron chi connectivity index (χ2n) is 6.69. The molecular weight excluding hydrogens is 262 g/mol. The van der Waals surface area contributed by atoms with E-state index in [1.165, 1.54) is 23.3 Å². The molecule has 0 saturated carbocycles. The highest BCUT2D eigenvalue weighted by Gasteiger charge is 2.14. The number of likely N-dealkylation sites (N-methyl/N-ethyl adjacent to an activating group) is 1. The van der Waals surface area contributed by atoms with Gasteiger partial charge in [0, 0.05) is 17.0 Å². The second-order valence-corrected chi connectivity index (χ2v) is 8.16. The minimum atomic E-state index is 0.243. The molecular formula is C18H31NS. The van der Waals surface area contributed by atoms with E-state index < -0.39 is 0 Å². The molecule has 1 aromatic carbocycles. The number of hydrogen-bond acceptors (Lipinski definition) is 2. The molecule has 0 spiro atoms. The van der Waals surface area contributed by atoms with Gasteiger partial charge in [-0.05, 0) is 36.4 Å². The van der Waals surface area contributed by atoms with E-state index in [-0.39, 0.29) is 5.41 Å². The molecule has 0 aliphatic rings. The van der Waals surface area contributed by atoms with Gasteiger partial charge in [-0.2, -0.15) is 11.8 Å². The zero-order valence-corrected chi connectivity index (χ0v) is 14.8. The van der Waals surface area contributed by atoms with Gasteiger partial charge in [0.05, 0.1) is 0 Å². The Balaban J connectivity index is 2.57. The average Bonchev–Trinajstić information content (AvgIpc) is 2.42. The van der Waals surface area contributed by atoms with Gasteiger partial charge in [-0.1, -0.05) is 58.9 Å². The first-order chi connectivity index (χ1) is 9.36. The fourth-order valence-corrected chi connectivity index (χ4v) is 3.15. The lowest BCUT2D eigenvalue weighted by Gasteiger charge is -2.21. The van der Waals surface area contributed by atoms with Crippen molar-refractivity contribution >= 4 is 11.8 Å². The molecule has 114 valence electrons. The van der Waals surface area contributed by atoms with Crippen LogP contribution in [0.4, 0.5) is 0 Å². The van der Waals surface area contributed by atoms with Gasteiger partial charge in [0.1, 0.15) is 0 Å². The number of benzene rings is 1. The highest BCUT2D eigenvalue weighted by molar-refractivity contribution is 7.99. The third kappa shape index (κ3) is 5.88. The third-order valence-corrected chi connectivity index (χ3v) is 5.36. The van der Waals surface area contributed by atoms with Crippen molar-refractivity contribution in [2.24, 2.45) is 0 Å². The van der Waals surface area contributed by atoms with Gasteiger partial charge in [-0.25, -0.2) is 0 Å². The fourth-order valence-electron chi connectivity index (χ4n) is 2.07. The molecule has 2 heteroatoms. The van der Waals surface area contributed by atoms with E-state index >= 15 is 0 Å². The highest BCUT2D eigenvalue weighted by atomic mass is 32.2. The summed E-state index contributed by atoms with van der Waals surface area (Å²) in [5.74, 6) is 1.19. The summed E-state index contributed by atoms with van der Waals surface area (Å²) in [5, 5.41) is 4.21. The van der Waals surface area contributed by atoms with Crippen LogP contribution in [0.3, 0.4) is 0 Å². The van der Waals surface area contributed by atoms with Crippen molar-refractivity contribution < 1.29 is 0 Å². The van der Waals surface area contributed by atoms with Crippen molar-refractivity contribution in [3.8, 4) is 0 Å². The normalized spacial score (nSPS) is 15.1. The number of rotatable bonds is 7. The lowest BCUT2D eigenvalue weighted by atomic mass is 9.86. The largest absolute Gasteiger partial charge is 0.316 e. The van der Waals surface area contributed by atoms with Crippen LogP contribution in [0.5, 0.6) is 0 Å². The summed E-state index contributed by atoms with van der Waals surface area (Å²) in [6, 6.07) is 9.71. The quantitative estimate of drug-likeness (QED) is 0.785. The summed E-state index contributed by atoms with van der Waals surface area (Å²) in [7, 11) is 2.07. The summed E-state index contributed by atoms with van der Waals surface area (Å²) >= 11 is 2.07. The number of nitrogens with one attached hydrogen (secondary N) is 1. The summed E-state index contributed by atoms with van der Waals surface area (Å²) in [6.45, 7) is 11.4. The maximum absolute atomic E-state index is 3.45. The van der Waals surface area contributed by atoms with Crippen molar-refractivity contribution in [1.82, 2.24) is 5.32 Å². The Bertz CT molecular complexity index is 377. The zero-order chi connectivity index (χ0) is 15.2. The van der Waals surface area contributed by atoms with Crippen LogP contribution >= 0.6 is 11.8 Å². The Morgan fingerprint density at radius 2 is 1.75 bits per heavy atom. The van der Waals surface area contributed by atoms with Crippen molar-refractivity contribution in [3.63, 3.8) is 0 Å². The van der Waals surface area contributed by atoms with Gasteiger partial charge in [0.2, 0.25) is 0 Å². The van der Waals surface area contributed by atoms with E-state index in [2.05, 4.69) is 83.0 Å². The topological polar surface area (TPSA) is 12.0 Å². The molecule has 0 aliphatic heterocycles. The van der Waals surface area contributed by atoms with E-state index in [4.69, 9.17) is 0 Å². The molecule has 0 saturated heterocycles. The molecule has 1 N–H and O–H groups in total. The van der Waals surface area contributed by atoms with Crippen molar-refractivity contribution in [3.05, 3.63) is 35.4 Å². The summed E-state index contributed by atoms with van der Waals surface area (Å²) < 4.78 is 0. The molecule has 0 aromatic heterocycles. The molecule has 0 bridgehead atoms. The Morgan fingerprint density at radius 1 is 1.15 bits per heavy atom. The molecule has 1 aromatic rings. The number of hydrogen-bond donors (Lipinski definition) is 1. The molecule has 0 radical (unpaired) electrons. The predicted molar refractivity (Wildman–Crippen MR) is 93.9 cm³/mol. The zero-order valence-electron chi connectivity index (χ0n) is 14.0. The second kappa shape index (κ2) is 8.09. The van der Waals surface area contributed by atoms with Crippen molar-refractivity contribution in [2.75, 3.05) is 12.8 Å². The maximum Gasteiger partial charge on any atom is 0.0195 e. The first kappa shape index (κ1) is 17.6. The first-order valence-electron chi connectivity index (χ1n) is 7.75. The van der Waals surface area contributed by atoms with E-state index in [1.807, 2.05) is 0 Å². The van der Waals surface area contributed by atoms with E-state index in [0.29, 0.717) is 6.04 Å². The van der Waals surface area contributed by atoms with Crippen LogP contribution in [0.2, 0.25) is 0 Å². The van der Waals surface area contributed by atoms with Crippen LogP contribution in [-0.4, -0.2) is 24.1 Å². The van der Waals surface area contributed by atoms with Crippen LogP contribution in [0, 0.1) is 0 Å². The molecule has 0 heterocycles. The lowest BCUT2D eigenvalue weighted by Crippen LogP contribution is -2.30. The first-order valence-corrected chi connectivity index (χ1v) is 8.80. The smallest absolute Gasteiger partial charge is 0.0195 e. The molecule has 0 fully saturated rings. The van der Waals surface area contributed by atoms with Crippen LogP contribution in [0.1, 0.15) is 52.2 Å². The third-order valence-electron chi connectivity index (χ3n) is 3.87. The molecule has 1 nitrogen and oxygen atoms in total. The molecule has 2 atom stereocenters. The van der Waals surface area contributed by atoms with Gasteiger partial charge in [-0.15, -0.1) is 0 Å². The molecule has 2 unspecified atom stereocenters. The van der Waals surface area contributed by atoms with Crippen molar-refractivity contribution in [2.45, 2.75) is 64.2 Å². The molecule has 0 amide bonds. The Kier molecular flexibility index (Phi) is 7.11. The van der Waals surface area contributed by atoms with Gasteiger partial charge < -0.3 is 5.32 Å². The Hall–Kier alpha value is -0.470. The monoisotopic (exact) mass is 293 g/mol. The minimum absolute atomic E-state index is 0.243. The van der Waals surface area contributed by atoms with Gasteiger partial charge >= 0.3 is 0 Å². The standard InChI is InChI=1S/C18H31NS/c1-7-14(2)20-13-17(19-6)12-15-8-10-16(11-9-15)18(3,4)5/h8-11,14,17,19H,7,12-13H2,1-6H3. The lowest BCUT2D eigenvalue weighted by molar-refractivity contribution is 0.588. The van der Waals surface area contributed by atoms with Crippen LogP contribution < -0.4 is 5.32 Å². The molecule has 0 aliphatic carbocycles. The maximum atomic E-state index is 3.45. The van der Waals surface area contributed by atoms with Gasteiger partial charge in [0.15, 0.2) is 0 Å². The van der Waals surface area contributed by atoms with Gasteiger partial charge in [0.25, 0.3) is 0 Å². The van der Waals surface area contributed by atoms with Crippen LogP contribution in [0.25, 0.3) is 0 Å². The minimum Gasteiger partial charge on any atom is -0.316 e. The predicted octanol–water partition coefficient (Wildman–Crippen LogP) is 4.65. The average molecular weight is 294 g/mol. The SMILES string of the molecule is CCC(C)SCC(Cc1ccc(C(C)(C)C)cc1)NC. The van der Waals surface area contributed by atoms with Gasteiger partial charge in [-0.3, -0.25) is 0 Å². The van der Waals surface area contributed by atoms with Crippen LogP contribution in [0.15, 0.2) is 24.3 Å². The van der Waals surface area contributed by atoms with E-state index in [0.717, 1.165) is 11.7 Å².